The summed E-state index contributed by atoms with van der Waals surface area (Å²) in [5.74, 6) is 0.466. The van der Waals surface area contributed by atoms with Crippen LogP contribution in [-0.2, 0) is 12.8 Å². The van der Waals surface area contributed by atoms with E-state index in [9.17, 15) is 9.90 Å². The lowest BCUT2D eigenvalue weighted by atomic mass is 9.96. The SMILES string of the molecule is O=C1NCCOc2cc(-c3[nH]nc4ncc(-c5ccc6c(c5)CCC(N5CCC[C@@H]5CO)CC6)cc34)ccc21. The Morgan fingerprint density at radius 3 is 2.77 bits per heavy atom. The summed E-state index contributed by atoms with van der Waals surface area (Å²) < 4.78 is 5.83. The number of aromatic amines is 1. The van der Waals surface area contributed by atoms with Crippen LogP contribution in [0.2, 0.25) is 0 Å². The zero-order valence-corrected chi connectivity index (χ0v) is 21.9. The summed E-state index contributed by atoms with van der Waals surface area (Å²) in [7, 11) is 0. The number of fused-ring (bicyclic) bond motifs is 3. The van der Waals surface area contributed by atoms with E-state index >= 15 is 0 Å². The molecule has 8 nitrogen and oxygen atoms in total. The fraction of sp³-hybridized carbons (Fsp3) is 0.387. The van der Waals surface area contributed by atoms with Crippen LogP contribution in [0.4, 0.5) is 0 Å². The lowest BCUT2D eigenvalue weighted by Gasteiger charge is -2.31. The number of nitrogens with zero attached hydrogens (tertiary/aromatic N) is 3. The minimum Gasteiger partial charge on any atom is -0.491 e. The van der Waals surface area contributed by atoms with Gasteiger partial charge in [0.05, 0.1) is 24.4 Å². The highest BCUT2D eigenvalue weighted by Crippen LogP contribution is 2.35. The van der Waals surface area contributed by atoms with Crippen LogP contribution in [0.3, 0.4) is 0 Å². The van der Waals surface area contributed by atoms with Crippen LogP contribution in [0.5, 0.6) is 5.75 Å². The van der Waals surface area contributed by atoms with Gasteiger partial charge in [0, 0.05) is 34.8 Å². The number of H-pyrrole nitrogens is 1. The average molecular weight is 524 g/mol. The number of hydrogen-bond donors (Lipinski definition) is 3. The van der Waals surface area contributed by atoms with Crippen LogP contribution < -0.4 is 10.1 Å². The molecule has 7 rings (SSSR count). The number of carbonyl (C=O) groups is 1. The quantitative estimate of drug-likeness (QED) is 0.348. The first-order chi connectivity index (χ1) is 19.2. The van der Waals surface area contributed by atoms with Crippen molar-refractivity contribution in [2.45, 2.75) is 50.6 Å². The van der Waals surface area contributed by atoms with Gasteiger partial charge < -0.3 is 15.2 Å². The number of benzene rings is 2. The van der Waals surface area contributed by atoms with E-state index in [2.05, 4.69) is 49.7 Å². The van der Waals surface area contributed by atoms with Crippen LogP contribution in [0.1, 0.15) is 47.2 Å². The van der Waals surface area contributed by atoms with E-state index < -0.39 is 0 Å². The summed E-state index contributed by atoms with van der Waals surface area (Å²) in [4.78, 5) is 19.5. The van der Waals surface area contributed by atoms with E-state index in [-0.39, 0.29) is 12.5 Å². The highest BCUT2D eigenvalue weighted by molar-refractivity contribution is 5.99. The molecule has 2 aliphatic heterocycles. The molecule has 0 spiro atoms. The van der Waals surface area contributed by atoms with Gasteiger partial charge in [-0.1, -0.05) is 24.3 Å². The number of ether oxygens (including phenoxy) is 1. The van der Waals surface area contributed by atoms with Gasteiger partial charge in [0.2, 0.25) is 0 Å². The second-order valence-corrected chi connectivity index (χ2v) is 10.9. The largest absolute Gasteiger partial charge is 0.491 e. The number of hydrogen-bond acceptors (Lipinski definition) is 6. The van der Waals surface area contributed by atoms with Crippen molar-refractivity contribution in [2.75, 3.05) is 26.3 Å². The smallest absolute Gasteiger partial charge is 0.255 e. The molecule has 2 atom stereocenters. The second kappa shape index (κ2) is 10.1. The van der Waals surface area contributed by atoms with Gasteiger partial charge in [0.15, 0.2) is 5.65 Å². The van der Waals surface area contributed by atoms with Crippen LogP contribution in [0.15, 0.2) is 48.7 Å². The first kappa shape index (κ1) is 24.3. The standard InChI is InChI=1S/C31H33N5O3/c37-18-25-2-1-12-36(25)24-8-5-19-3-4-21(14-20(19)6-9-24)23-15-27-29(34-35-30(27)33-17-23)22-7-10-26-28(16-22)39-13-11-32-31(26)38/h3-4,7,10,14-17,24-25,37H,1-2,5-6,8-9,11-13,18H2,(H,32,38)(H,33,34,35)/t24?,25-/m1/s1. The van der Waals surface area contributed by atoms with Crippen LogP contribution in [0.25, 0.3) is 33.4 Å². The molecule has 200 valence electrons. The molecular weight excluding hydrogens is 490 g/mol. The second-order valence-electron chi connectivity index (χ2n) is 10.9. The Labute approximate surface area is 227 Å². The summed E-state index contributed by atoms with van der Waals surface area (Å²) in [6.45, 7) is 2.31. The molecule has 0 bridgehead atoms. The first-order valence-corrected chi connectivity index (χ1v) is 14.1. The van der Waals surface area contributed by atoms with Gasteiger partial charge in [-0.2, -0.15) is 5.10 Å². The number of amides is 1. The predicted octanol–water partition coefficient (Wildman–Crippen LogP) is 4.12. The fourth-order valence-corrected chi connectivity index (χ4v) is 6.62. The van der Waals surface area contributed by atoms with Gasteiger partial charge in [-0.3, -0.25) is 14.8 Å². The molecule has 4 heterocycles. The third-order valence-corrected chi connectivity index (χ3v) is 8.71. The molecule has 3 N–H and O–H groups in total. The Kier molecular flexibility index (Phi) is 6.29. The number of pyridine rings is 1. The van der Waals surface area contributed by atoms with Crippen molar-refractivity contribution in [1.29, 1.82) is 0 Å². The number of aliphatic hydroxyl groups excluding tert-OH is 1. The van der Waals surface area contributed by atoms with Crippen molar-refractivity contribution in [3.63, 3.8) is 0 Å². The molecule has 2 aromatic carbocycles. The maximum atomic E-state index is 12.3. The third-order valence-electron chi connectivity index (χ3n) is 8.71. The maximum absolute atomic E-state index is 12.3. The number of aryl methyl sites for hydroxylation is 2. The molecule has 4 aromatic rings. The van der Waals surface area contributed by atoms with Gasteiger partial charge in [0.1, 0.15) is 12.4 Å². The Hall–Kier alpha value is -3.75. The van der Waals surface area contributed by atoms with Gasteiger partial charge >= 0.3 is 0 Å². The monoisotopic (exact) mass is 523 g/mol. The first-order valence-electron chi connectivity index (χ1n) is 14.1. The summed E-state index contributed by atoms with van der Waals surface area (Å²) in [5.41, 5.74) is 8.03. The van der Waals surface area contributed by atoms with Crippen molar-refractivity contribution in [2.24, 2.45) is 0 Å². The lowest BCUT2D eigenvalue weighted by molar-refractivity contribution is 0.0957. The molecule has 1 aliphatic carbocycles. The van der Waals surface area contributed by atoms with E-state index in [0.717, 1.165) is 66.4 Å². The maximum Gasteiger partial charge on any atom is 0.255 e. The topological polar surface area (TPSA) is 103 Å². The molecule has 0 radical (unpaired) electrons. The number of aromatic nitrogens is 3. The van der Waals surface area contributed by atoms with E-state index in [1.165, 1.54) is 17.5 Å². The molecule has 8 heteroatoms. The zero-order chi connectivity index (χ0) is 26.3. The van der Waals surface area contributed by atoms with Crippen LogP contribution in [-0.4, -0.2) is 69.5 Å². The molecule has 1 fully saturated rings. The highest BCUT2D eigenvalue weighted by atomic mass is 16.5. The number of aliphatic hydroxyl groups is 1. The van der Waals surface area contributed by atoms with Crippen LogP contribution in [0, 0.1) is 0 Å². The summed E-state index contributed by atoms with van der Waals surface area (Å²) in [6.07, 6.45) is 8.63. The summed E-state index contributed by atoms with van der Waals surface area (Å²) in [6, 6.07) is 15.5. The summed E-state index contributed by atoms with van der Waals surface area (Å²) in [5, 5.41) is 21.2. The van der Waals surface area contributed by atoms with Crippen molar-refractivity contribution in [3.8, 4) is 28.1 Å². The van der Waals surface area contributed by atoms with Crippen LogP contribution >= 0.6 is 0 Å². The molecule has 0 saturated carbocycles. The molecule has 3 aliphatic rings. The molecule has 39 heavy (non-hydrogen) atoms. The number of likely N-dealkylation sites (tertiary alicyclic amines) is 1. The Morgan fingerprint density at radius 1 is 1.00 bits per heavy atom. The van der Waals surface area contributed by atoms with E-state index in [4.69, 9.17) is 4.74 Å². The van der Waals surface area contributed by atoms with E-state index in [1.54, 1.807) is 6.07 Å². The number of nitrogens with one attached hydrogen (secondary N) is 2. The Bertz CT molecular complexity index is 1550. The molecule has 1 unspecified atom stereocenters. The highest BCUT2D eigenvalue weighted by Gasteiger charge is 2.31. The number of rotatable bonds is 4. The average Bonchev–Trinajstić information content (AvgIpc) is 3.51. The van der Waals surface area contributed by atoms with E-state index in [1.807, 2.05) is 18.3 Å². The minimum atomic E-state index is -0.115. The van der Waals surface area contributed by atoms with Crippen molar-refractivity contribution in [3.05, 3.63) is 65.4 Å². The van der Waals surface area contributed by atoms with Gasteiger partial charge in [-0.25, -0.2) is 4.98 Å². The zero-order valence-electron chi connectivity index (χ0n) is 21.9. The van der Waals surface area contributed by atoms with Gasteiger partial charge in [-0.05, 0) is 80.0 Å². The van der Waals surface area contributed by atoms with Crippen molar-refractivity contribution in [1.82, 2.24) is 25.4 Å². The lowest BCUT2D eigenvalue weighted by Crippen LogP contribution is -2.41. The molecule has 2 aromatic heterocycles. The third kappa shape index (κ3) is 4.47. The molecule has 1 amide bonds. The number of carbonyl (C=O) groups excluding carboxylic acids is 1. The van der Waals surface area contributed by atoms with Crippen molar-refractivity contribution >= 4 is 16.9 Å². The Morgan fingerprint density at radius 2 is 1.87 bits per heavy atom. The fourth-order valence-electron chi connectivity index (χ4n) is 6.62. The predicted molar refractivity (Wildman–Crippen MR) is 150 cm³/mol. The summed E-state index contributed by atoms with van der Waals surface area (Å²) >= 11 is 0. The van der Waals surface area contributed by atoms with Gasteiger partial charge in [0.25, 0.3) is 5.91 Å². The normalized spacial score (nSPS) is 21.5. The molecule has 1 saturated heterocycles. The van der Waals surface area contributed by atoms with Crippen molar-refractivity contribution < 1.29 is 14.6 Å². The Balaban J connectivity index is 1.18. The van der Waals surface area contributed by atoms with Gasteiger partial charge in [-0.15, -0.1) is 0 Å². The van der Waals surface area contributed by atoms with E-state index in [0.29, 0.717) is 42.2 Å². The minimum absolute atomic E-state index is 0.115. The molecular formula is C31H33N5O3.